The molecule has 1 saturated carbocycles. The molecule has 0 unspecified atom stereocenters. The minimum Gasteiger partial charge on any atom is -0.409 e. The number of rotatable bonds is 0. The fourth-order valence-corrected chi connectivity index (χ4v) is 4.73. The SMILES string of the molecule is Cc1ccc2c(c1)C(=O)O[C@]1(O)[C@H]3[C@@H](C(=O)N21)[C@H]1C=C[C@H]3C1. The molecule has 1 N–H and O–H groups in total. The zero-order valence-electron chi connectivity index (χ0n) is 12.0. The van der Waals surface area contributed by atoms with Crippen molar-refractivity contribution < 1.29 is 19.4 Å². The first-order valence-corrected chi connectivity index (χ1v) is 7.59. The van der Waals surface area contributed by atoms with E-state index in [4.69, 9.17) is 4.74 Å². The maximum Gasteiger partial charge on any atom is 0.344 e. The maximum atomic E-state index is 12.9. The van der Waals surface area contributed by atoms with Crippen LogP contribution < -0.4 is 4.90 Å². The molecule has 0 spiro atoms. The normalized spacial score (nSPS) is 40.5. The lowest BCUT2D eigenvalue weighted by Gasteiger charge is -2.41. The van der Waals surface area contributed by atoms with Gasteiger partial charge in [0.2, 0.25) is 5.91 Å². The summed E-state index contributed by atoms with van der Waals surface area (Å²) in [6, 6.07) is 5.27. The van der Waals surface area contributed by atoms with Crippen molar-refractivity contribution in [3.63, 3.8) is 0 Å². The molecule has 4 aliphatic rings. The van der Waals surface area contributed by atoms with Gasteiger partial charge in [-0.25, -0.2) is 9.69 Å². The highest BCUT2D eigenvalue weighted by Crippen LogP contribution is 2.60. The Kier molecular flexibility index (Phi) is 2.03. The number of fused-ring (bicyclic) bond motifs is 9. The van der Waals surface area contributed by atoms with Gasteiger partial charge >= 0.3 is 11.9 Å². The molecule has 1 saturated heterocycles. The molecule has 1 aromatic rings. The second-order valence-electron chi connectivity index (χ2n) is 6.74. The molecule has 2 bridgehead atoms. The van der Waals surface area contributed by atoms with Crippen molar-refractivity contribution >= 4 is 17.6 Å². The largest absolute Gasteiger partial charge is 0.409 e. The summed E-state index contributed by atoms with van der Waals surface area (Å²) in [5.41, 5.74) is 1.72. The Labute approximate surface area is 127 Å². The van der Waals surface area contributed by atoms with Gasteiger partial charge in [0, 0.05) is 0 Å². The van der Waals surface area contributed by atoms with Crippen molar-refractivity contribution in [1.29, 1.82) is 0 Å². The van der Waals surface area contributed by atoms with Gasteiger partial charge < -0.3 is 9.84 Å². The van der Waals surface area contributed by atoms with Gasteiger partial charge in [-0.15, -0.1) is 0 Å². The third kappa shape index (κ3) is 1.21. The van der Waals surface area contributed by atoms with Gasteiger partial charge in [0.05, 0.1) is 23.1 Å². The Morgan fingerprint density at radius 3 is 2.86 bits per heavy atom. The molecule has 1 amide bonds. The Morgan fingerprint density at radius 1 is 1.27 bits per heavy atom. The number of allylic oxidation sites excluding steroid dienone is 2. The lowest BCUT2D eigenvalue weighted by Crippen LogP contribution is -2.57. The van der Waals surface area contributed by atoms with E-state index in [-0.39, 0.29) is 29.6 Å². The summed E-state index contributed by atoms with van der Waals surface area (Å²) >= 11 is 0. The van der Waals surface area contributed by atoms with Crippen LogP contribution in [0.4, 0.5) is 5.69 Å². The number of amides is 1. The van der Waals surface area contributed by atoms with Crippen molar-refractivity contribution in [2.24, 2.45) is 23.7 Å². The predicted molar refractivity (Wildman–Crippen MR) is 76.7 cm³/mol. The molecule has 5 rings (SSSR count). The molecule has 112 valence electrons. The number of ether oxygens (including phenoxy) is 1. The standard InChI is InChI=1S/C17H15NO4/c1-8-2-5-12-11(6-8)16(20)22-17(21)14-10-4-3-9(7-10)13(14)15(19)18(12)17/h2-6,9-10,13-14,21H,7H2,1H3/t9-,10-,13-,14+,17+/m0/s1. The van der Waals surface area contributed by atoms with E-state index in [9.17, 15) is 14.7 Å². The molecular weight excluding hydrogens is 282 g/mol. The number of benzene rings is 1. The van der Waals surface area contributed by atoms with Crippen LogP contribution >= 0.6 is 0 Å². The highest BCUT2D eigenvalue weighted by molar-refractivity contribution is 6.08. The summed E-state index contributed by atoms with van der Waals surface area (Å²) in [6.45, 7) is 1.87. The van der Waals surface area contributed by atoms with Crippen LogP contribution in [-0.2, 0) is 9.53 Å². The number of nitrogens with zero attached hydrogens (tertiary/aromatic N) is 1. The van der Waals surface area contributed by atoms with E-state index >= 15 is 0 Å². The molecule has 0 radical (unpaired) electrons. The number of hydrogen-bond donors (Lipinski definition) is 1. The molecular formula is C17H15NO4. The molecule has 2 aliphatic heterocycles. The first kappa shape index (κ1) is 12.4. The van der Waals surface area contributed by atoms with Crippen LogP contribution in [0.3, 0.4) is 0 Å². The number of anilines is 1. The van der Waals surface area contributed by atoms with Gasteiger partial charge in [0.1, 0.15) is 0 Å². The van der Waals surface area contributed by atoms with Crippen LogP contribution in [-0.4, -0.2) is 22.9 Å². The molecule has 2 heterocycles. The van der Waals surface area contributed by atoms with Crippen molar-refractivity contribution in [2.45, 2.75) is 19.3 Å². The quantitative estimate of drug-likeness (QED) is 0.583. The Balaban J connectivity index is 1.73. The minimum absolute atomic E-state index is 0.0914. The Bertz CT molecular complexity index is 770. The molecule has 1 aromatic carbocycles. The molecule has 5 nitrogen and oxygen atoms in total. The zero-order valence-corrected chi connectivity index (χ0v) is 12.0. The van der Waals surface area contributed by atoms with Crippen molar-refractivity contribution in [3.05, 3.63) is 41.5 Å². The number of aliphatic hydroxyl groups is 1. The number of carbonyl (C=O) groups excluding carboxylic acids is 2. The molecule has 5 atom stereocenters. The predicted octanol–water partition coefficient (Wildman–Crippen LogP) is 1.60. The highest BCUT2D eigenvalue weighted by atomic mass is 16.7. The summed E-state index contributed by atoms with van der Waals surface area (Å²) < 4.78 is 5.40. The zero-order chi connectivity index (χ0) is 15.2. The second kappa shape index (κ2) is 3.60. The van der Waals surface area contributed by atoms with E-state index in [1.54, 1.807) is 12.1 Å². The molecule has 0 aromatic heterocycles. The number of aryl methyl sites for hydroxylation is 1. The van der Waals surface area contributed by atoms with Crippen LogP contribution in [0.15, 0.2) is 30.4 Å². The van der Waals surface area contributed by atoms with Gasteiger partial charge in [-0.2, -0.15) is 0 Å². The molecule has 5 heteroatoms. The lowest BCUT2D eigenvalue weighted by atomic mass is 9.83. The lowest BCUT2D eigenvalue weighted by molar-refractivity contribution is -0.196. The summed E-state index contributed by atoms with van der Waals surface area (Å²) in [7, 11) is 0. The van der Waals surface area contributed by atoms with Crippen molar-refractivity contribution in [2.75, 3.05) is 4.90 Å². The summed E-state index contributed by atoms with van der Waals surface area (Å²) in [5, 5.41) is 11.1. The Hall–Kier alpha value is -2.14. The fraction of sp³-hybridized carbons (Fsp3) is 0.412. The van der Waals surface area contributed by atoms with Crippen LogP contribution in [0.25, 0.3) is 0 Å². The summed E-state index contributed by atoms with van der Waals surface area (Å²) in [6.07, 6.45) is 4.96. The van der Waals surface area contributed by atoms with Gasteiger partial charge in [-0.3, -0.25) is 4.79 Å². The molecule has 2 fully saturated rings. The third-order valence-electron chi connectivity index (χ3n) is 5.58. The average Bonchev–Trinajstić information content (AvgIpc) is 3.13. The highest BCUT2D eigenvalue weighted by Gasteiger charge is 2.70. The summed E-state index contributed by atoms with van der Waals surface area (Å²) in [5.74, 6) is -2.96. The van der Waals surface area contributed by atoms with E-state index in [2.05, 4.69) is 6.08 Å². The van der Waals surface area contributed by atoms with Crippen molar-refractivity contribution in [1.82, 2.24) is 0 Å². The topological polar surface area (TPSA) is 66.8 Å². The van der Waals surface area contributed by atoms with Crippen molar-refractivity contribution in [3.8, 4) is 0 Å². The van der Waals surface area contributed by atoms with Gasteiger partial charge in [0.25, 0.3) is 0 Å². The van der Waals surface area contributed by atoms with Gasteiger partial charge in [-0.05, 0) is 37.3 Å². The van der Waals surface area contributed by atoms with Crippen LogP contribution in [0.2, 0.25) is 0 Å². The van der Waals surface area contributed by atoms with E-state index in [0.29, 0.717) is 11.3 Å². The van der Waals surface area contributed by atoms with Crippen LogP contribution in [0, 0.1) is 30.6 Å². The van der Waals surface area contributed by atoms with Gasteiger partial charge in [0.15, 0.2) is 0 Å². The summed E-state index contributed by atoms with van der Waals surface area (Å²) in [4.78, 5) is 26.6. The maximum absolute atomic E-state index is 12.9. The smallest absolute Gasteiger partial charge is 0.344 e. The average molecular weight is 297 g/mol. The van der Waals surface area contributed by atoms with E-state index in [0.717, 1.165) is 12.0 Å². The number of carbonyl (C=O) groups is 2. The van der Waals surface area contributed by atoms with E-state index in [1.807, 2.05) is 19.1 Å². The monoisotopic (exact) mass is 297 g/mol. The fourth-order valence-electron chi connectivity index (χ4n) is 4.73. The number of hydrogen-bond acceptors (Lipinski definition) is 4. The first-order chi connectivity index (χ1) is 10.5. The molecule has 22 heavy (non-hydrogen) atoms. The van der Waals surface area contributed by atoms with E-state index < -0.39 is 11.9 Å². The minimum atomic E-state index is -1.84. The second-order valence-corrected chi connectivity index (χ2v) is 6.74. The third-order valence-corrected chi connectivity index (χ3v) is 5.58. The molecule has 2 aliphatic carbocycles. The van der Waals surface area contributed by atoms with E-state index in [1.165, 1.54) is 4.90 Å². The Morgan fingerprint density at radius 2 is 2.05 bits per heavy atom. The first-order valence-electron chi connectivity index (χ1n) is 7.59. The van der Waals surface area contributed by atoms with Crippen LogP contribution in [0.1, 0.15) is 22.3 Å². The van der Waals surface area contributed by atoms with Crippen LogP contribution in [0.5, 0.6) is 0 Å². The number of esters is 1. The van der Waals surface area contributed by atoms with Gasteiger partial charge in [-0.1, -0.05) is 23.8 Å².